The molecule has 13 rings (SSSR count). The summed E-state index contributed by atoms with van der Waals surface area (Å²) in [6, 6.07) is 76.9. The van der Waals surface area contributed by atoms with Gasteiger partial charge in [-0.1, -0.05) is 194 Å². The first-order valence-electron chi connectivity index (χ1n) is 20.3. The molecule has 0 radical (unpaired) electrons. The molecule has 0 N–H and O–H groups in total. The second kappa shape index (κ2) is 12.0. The van der Waals surface area contributed by atoms with Gasteiger partial charge in [-0.25, -0.2) is 0 Å². The van der Waals surface area contributed by atoms with Crippen LogP contribution < -0.4 is 0 Å². The summed E-state index contributed by atoms with van der Waals surface area (Å²) in [7, 11) is 0. The van der Waals surface area contributed by atoms with Crippen LogP contribution in [0.15, 0.2) is 206 Å². The van der Waals surface area contributed by atoms with Crippen LogP contribution in [0.1, 0.15) is 0 Å². The van der Waals surface area contributed by atoms with E-state index in [9.17, 15) is 0 Å². The van der Waals surface area contributed by atoms with E-state index in [0.717, 1.165) is 0 Å². The van der Waals surface area contributed by atoms with Gasteiger partial charge >= 0.3 is 0 Å². The van der Waals surface area contributed by atoms with Gasteiger partial charge in [0.1, 0.15) is 0 Å². The molecule has 0 saturated carbocycles. The summed E-state index contributed by atoms with van der Waals surface area (Å²) in [6.07, 6.45) is 0. The molecule has 0 saturated heterocycles. The molecular weight excluding hydrogens is 697 g/mol. The Labute approximate surface area is 335 Å². The summed E-state index contributed by atoms with van der Waals surface area (Å²) in [5.74, 6) is 0. The third kappa shape index (κ3) is 4.24. The van der Waals surface area contributed by atoms with E-state index < -0.39 is 0 Å². The standard InChI is InChI=1S/C58H34/c1-4-17-35(18-5-1)39-24-12-13-26-41(39)45-31-32-47-56-49(33-38-23-10-11-25-40(38)54(45)56)58-52(37-21-8-3-9-22-37)55-46-30-16-29-44-42-27-14-15-28-43(42)48(53(44)46)34-50(55)51(57(47)58)36-19-6-2-7-20-36/h1-34H. The quantitative estimate of drug-likeness (QED) is 0.158. The minimum atomic E-state index is 1.22. The summed E-state index contributed by atoms with van der Waals surface area (Å²) >= 11 is 0. The van der Waals surface area contributed by atoms with E-state index in [-0.39, 0.29) is 0 Å². The molecule has 0 aliphatic rings. The fourth-order valence-electron chi connectivity index (χ4n) is 10.6. The zero-order chi connectivity index (χ0) is 37.9. The number of rotatable bonds is 4. The summed E-state index contributed by atoms with van der Waals surface area (Å²) in [5, 5.41) is 21.0. The summed E-state index contributed by atoms with van der Waals surface area (Å²) < 4.78 is 0. The van der Waals surface area contributed by atoms with Crippen molar-refractivity contribution < 1.29 is 0 Å². The van der Waals surface area contributed by atoms with Crippen LogP contribution in [0.3, 0.4) is 0 Å². The van der Waals surface area contributed by atoms with Gasteiger partial charge in [0.05, 0.1) is 0 Å². The maximum atomic E-state index is 2.53. The fraction of sp³-hybridized carbons (Fsp3) is 0. The smallest absolute Gasteiger partial charge is 0.000697 e. The van der Waals surface area contributed by atoms with E-state index in [1.807, 2.05) is 0 Å². The van der Waals surface area contributed by atoms with Crippen molar-refractivity contribution in [1.29, 1.82) is 0 Å². The number of fused-ring (bicyclic) bond motifs is 10. The van der Waals surface area contributed by atoms with E-state index in [1.54, 1.807) is 0 Å². The lowest BCUT2D eigenvalue weighted by Gasteiger charge is -2.19. The van der Waals surface area contributed by atoms with Crippen molar-refractivity contribution in [2.45, 2.75) is 0 Å². The van der Waals surface area contributed by atoms with E-state index in [2.05, 4.69) is 206 Å². The third-order valence-electron chi connectivity index (χ3n) is 12.9. The van der Waals surface area contributed by atoms with Crippen molar-refractivity contribution in [1.82, 2.24) is 0 Å². The second-order valence-corrected chi connectivity index (χ2v) is 15.8. The Morgan fingerprint density at radius 2 is 0.724 bits per heavy atom. The topological polar surface area (TPSA) is 0 Å². The maximum Gasteiger partial charge on any atom is -0.000697 e. The SMILES string of the molecule is c1ccc(-c2ccccc2-c2ccc3c4c(-c5ccccc5)c5cc6c7ccccc7c7cccc(c5c(-c5ccccc5)c4c4cc5ccccc5c2c34)c76)cc1. The molecule has 0 fully saturated rings. The zero-order valence-electron chi connectivity index (χ0n) is 31.6. The van der Waals surface area contributed by atoms with Gasteiger partial charge in [0.25, 0.3) is 0 Å². The molecule has 58 heavy (non-hydrogen) atoms. The van der Waals surface area contributed by atoms with Crippen molar-refractivity contribution in [3.05, 3.63) is 206 Å². The molecule has 13 aromatic rings. The van der Waals surface area contributed by atoms with Gasteiger partial charge in [0.15, 0.2) is 0 Å². The Kier molecular flexibility index (Phi) is 6.54. The average molecular weight is 731 g/mol. The Morgan fingerprint density at radius 3 is 1.47 bits per heavy atom. The molecule has 0 aromatic heterocycles. The maximum absolute atomic E-state index is 2.53. The highest BCUT2D eigenvalue weighted by Gasteiger charge is 2.28. The van der Waals surface area contributed by atoms with Gasteiger partial charge in [0, 0.05) is 0 Å². The molecule has 0 bridgehead atoms. The van der Waals surface area contributed by atoms with Gasteiger partial charge in [-0.15, -0.1) is 0 Å². The molecule has 0 amide bonds. The highest BCUT2D eigenvalue weighted by atomic mass is 14.3. The Bertz CT molecular complexity index is 3750. The minimum absolute atomic E-state index is 1.22. The first kappa shape index (κ1) is 31.6. The summed E-state index contributed by atoms with van der Waals surface area (Å²) in [4.78, 5) is 0. The molecule has 13 aromatic carbocycles. The van der Waals surface area contributed by atoms with Crippen molar-refractivity contribution in [2.75, 3.05) is 0 Å². The summed E-state index contributed by atoms with van der Waals surface area (Å²) in [6.45, 7) is 0. The first-order chi connectivity index (χ1) is 28.8. The minimum Gasteiger partial charge on any atom is -0.0622 e. The number of hydrogen-bond acceptors (Lipinski definition) is 0. The molecule has 0 unspecified atom stereocenters. The lowest BCUT2D eigenvalue weighted by Crippen LogP contribution is -1.91. The predicted octanol–water partition coefficient (Wildman–Crippen LogP) is 16.5. The molecule has 0 atom stereocenters. The van der Waals surface area contributed by atoms with Crippen molar-refractivity contribution >= 4 is 86.2 Å². The molecule has 0 heteroatoms. The van der Waals surface area contributed by atoms with Crippen molar-refractivity contribution in [3.63, 3.8) is 0 Å². The van der Waals surface area contributed by atoms with E-state index in [0.29, 0.717) is 0 Å². The van der Waals surface area contributed by atoms with E-state index in [1.165, 1.54) is 131 Å². The van der Waals surface area contributed by atoms with Gasteiger partial charge in [-0.3, -0.25) is 0 Å². The van der Waals surface area contributed by atoms with Gasteiger partial charge in [-0.05, 0) is 143 Å². The number of hydrogen-bond donors (Lipinski definition) is 0. The van der Waals surface area contributed by atoms with Crippen LogP contribution in [0.4, 0.5) is 0 Å². The Balaban J connectivity index is 1.33. The largest absolute Gasteiger partial charge is 0.0622 e. The van der Waals surface area contributed by atoms with Crippen LogP contribution in [-0.2, 0) is 0 Å². The summed E-state index contributed by atoms with van der Waals surface area (Å²) in [5.41, 5.74) is 10.1. The molecule has 0 nitrogen and oxygen atoms in total. The number of benzene rings is 11. The molecule has 0 heterocycles. The highest BCUT2D eigenvalue weighted by molar-refractivity contribution is 6.46. The van der Waals surface area contributed by atoms with Crippen molar-refractivity contribution in [2.24, 2.45) is 0 Å². The molecule has 0 spiro atoms. The molecule has 0 aliphatic heterocycles. The monoisotopic (exact) mass is 730 g/mol. The van der Waals surface area contributed by atoms with Crippen LogP contribution >= 0.6 is 0 Å². The van der Waals surface area contributed by atoms with Crippen LogP contribution in [0.5, 0.6) is 0 Å². The Morgan fingerprint density at radius 1 is 0.190 bits per heavy atom. The van der Waals surface area contributed by atoms with Crippen LogP contribution in [0.2, 0.25) is 0 Å². The van der Waals surface area contributed by atoms with E-state index >= 15 is 0 Å². The van der Waals surface area contributed by atoms with E-state index in [4.69, 9.17) is 0 Å². The molecular formula is C58H34. The lowest BCUT2D eigenvalue weighted by atomic mass is 9.84. The van der Waals surface area contributed by atoms with Crippen LogP contribution in [0, 0.1) is 0 Å². The van der Waals surface area contributed by atoms with Gasteiger partial charge in [0.2, 0.25) is 0 Å². The predicted molar refractivity (Wildman–Crippen MR) is 251 cm³/mol. The van der Waals surface area contributed by atoms with Crippen LogP contribution in [-0.4, -0.2) is 0 Å². The lowest BCUT2D eigenvalue weighted by molar-refractivity contribution is 1.60. The third-order valence-corrected chi connectivity index (χ3v) is 12.9. The highest BCUT2D eigenvalue weighted by Crippen LogP contribution is 2.56. The van der Waals surface area contributed by atoms with Crippen LogP contribution in [0.25, 0.3) is 131 Å². The normalized spacial score (nSPS) is 12.1. The molecule has 266 valence electrons. The van der Waals surface area contributed by atoms with Crippen molar-refractivity contribution in [3.8, 4) is 44.5 Å². The first-order valence-corrected chi connectivity index (χ1v) is 20.3. The fourth-order valence-corrected chi connectivity index (χ4v) is 10.6. The zero-order valence-corrected chi connectivity index (χ0v) is 31.6. The Hall–Kier alpha value is -7.54. The van der Waals surface area contributed by atoms with Gasteiger partial charge < -0.3 is 0 Å². The second-order valence-electron chi connectivity index (χ2n) is 15.8. The average Bonchev–Trinajstić information content (AvgIpc) is 3.80. The molecule has 0 aliphatic carbocycles. The van der Waals surface area contributed by atoms with Gasteiger partial charge in [-0.2, -0.15) is 0 Å².